The first kappa shape index (κ1) is 17.5. The fraction of sp³-hybridized carbons (Fsp3) is 0.316. The number of ether oxygens (including phenoxy) is 1. The van der Waals surface area contributed by atoms with E-state index in [4.69, 9.17) is 10.5 Å². The van der Waals surface area contributed by atoms with Gasteiger partial charge in [0.2, 0.25) is 0 Å². The number of halogens is 1. The van der Waals surface area contributed by atoms with Crippen molar-refractivity contribution in [2.45, 2.75) is 25.0 Å². The van der Waals surface area contributed by atoms with Crippen molar-refractivity contribution in [1.29, 1.82) is 0 Å². The Bertz CT molecular complexity index is 1050. The number of rotatable bonds is 3. The lowest BCUT2D eigenvalue weighted by atomic mass is 10.0. The van der Waals surface area contributed by atoms with Crippen LogP contribution in [0, 0.1) is 5.82 Å². The molecule has 3 aromatic heterocycles. The maximum Gasteiger partial charge on any atom is 0.254 e. The van der Waals surface area contributed by atoms with Crippen LogP contribution in [0.25, 0.3) is 20.8 Å². The van der Waals surface area contributed by atoms with E-state index in [0.29, 0.717) is 36.5 Å². The number of hydrogen-bond donors (Lipinski definition) is 3. The number of carbonyl (C=O) groups excluding carboxylic acids is 1. The van der Waals surface area contributed by atoms with Crippen LogP contribution >= 0.6 is 11.3 Å². The molecular formula is C19H18FN5O2S. The molecule has 0 spiro atoms. The van der Waals surface area contributed by atoms with Gasteiger partial charge < -0.3 is 21.1 Å². The molecule has 5 rings (SSSR count). The highest BCUT2D eigenvalue weighted by molar-refractivity contribution is 7.22. The van der Waals surface area contributed by atoms with E-state index in [2.05, 4.69) is 20.6 Å². The lowest BCUT2D eigenvalue weighted by molar-refractivity contribution is 0.0751. The summed E-state index contributed by atoms with van der Waals surface area (Å²) in [7, 11) is 0. The maximum absolute atomic E-state index is 15.1. The number of fused-ring (bicyclic) bond motifs is 2. The van der Waals surface area contributed by atoms with E-state index in [9.17, 15) is 4.79 Å². The zero-order chi connectivity index (χ0) is 19.3. The van der Waals surface area contributed by atoms with Crippen LogP contribution in [0.3, 0.4) is 0 Å². The average molecular weight is 399 g/mol. The molecule has 1 amide bonds. The van der Waals surface area contributed by atoms with Crippen molar-refractivity contribution in [3.05, 3.63) is 41.3 Å². The van der Waals surface area contributed by atoms with Crippen LogP contribution in [0.5, 0.6) is 0 Å². The Labute approximate surface area is 164 Å². The van der Waals surface area contributed by atoms with Crippen molar-refractivity contribution in [1.82, 2.24) is 15.3 Å². The normalized spacial score (nSPS) is 21.6. The van der Waals surface area contributed by atoms with Crippen LogP contribution in [0.4, 0.5) is 10.2 Å². The minimum Gasteiger partial charge on any atom is -0.380 e. The first-order valence-corrected chi connectivity index (χ1v) is 9.89. The van der Waals surface area contributed by atoms with E-state index in [1.54, 1.807) is 6.20 Å². The summed E-state index contributed by atoms with van der Waals surface area (Å²) in [6.45, 7) is 1.12. The van der Waals surface area contributed by atoms with E-state index in [1.807, 2.05) is 18.2 Å². The summed E-state index contributed by atoms with van der Waals surface area (Å²) in [6.07, 6.45) is 2.38. The summed E-state index contributed by atoms with van der Waals surface area (Å²) in [5.41, 5.74) is 8.03. The zero-order valence-electron chi connectivity index (χ0n) is 14.9. The van der Waals surface area contributed by atoms with Crippen molar-refractivity contribution in [2.24, 2.45) is 5.73 Å². The largest absolute Gasteiger partial charge is 0.380 e. The molecule has 1 fully saturated rings. The molecule has 3 aromatic rings. The van der Waals surface area contributed by atoms with Crippen LogP contribution in [-0.4, -0.2) is 41.2 Å². The molecule has 2 aliphatic heterocycles. The Balaban J connectivity index is 1.63. The Morgan fingerprint density at radius 2 is 2.32 bits per heavy atom. The molecule has 0 bridgehead atoms. The van der Waals surface area contributed by atoms with E-state index in [1.165, 1.54) is 11.3 Å². The first-order valence-electron chi connectivity index (χ1n) is 9.07. The maximum atomic E-state index is 15.1. The smallest absolute Gasteiger partial charge is 0.254 e. The van der Waals surface area contributed by atoms with Gasteiger partial charge in [0.05, 0.1) is 33.0 Å². The molecule has 2 aliphatic rings. The molecule has 0 aromatic carbocycles. The molecule has 5 heterocycles. The van der Waals surface area contributed by atoms with Gasteiger partial charge in [0, 0.05) is 37.0 Å². The number of thiophene rings is 1. The average Bonchev–Trinajstić information content (AvgIpc) is 3.30. The van der Waals surface area contributed by atoms with Crippen molar-refractivity contribution in [2.75, 3.05) is 18.5 Å². The highest BCUT2D eigenvalue weighted by atomic mass is 32.1. The number of nitrogens with zero attached hydrogens (tertiary/aromatic N) is 2. The van der Waals surface area contributed by atoms with Gasteiger partial charge >= 0.3 is 0 Å². The Hall–Kier alpha value is -2.62. The minimum atomic E-state index is -0.505. The zero-order valence-corrected chi connectivity index (χ0v) is 15.7. The second-order valence-corrected chi connectivity index (χ2v) is 8.02. The third kappa shape index (κ3) is 2.83. The SMILES string of the molecule is N[C@H]1COCC[C@H]1Nc1nc(-c2cc3ncccc3s2)c2c(c1F)CNC2=O. The molecule has 2 atom stereocenters. The van der Waals surface area contributed by atoms with Gasteiger partial charge in [-0.15, -0.1) is 11.3 Å². The predicted octanol–water partition coefficient (Wildman–Crippen LogP) is 2.27. The van der Waals surface area contributed by atoms with Crippen LogP contribution in [-0.2, 0) is 11.3 Å². The minimum absolute atomic E-state index is 0.123. The lowest BCUT2D eigenvalue weighted by Gasteiger charge is -2.30. The molecule has 28 heavy (non-hydrogen) atoms. The summed E-state index contributed by atoms with van der Waals surface area (Å²) in [5, 5.41) is 5.85. The Morgan fingerprint density at radius 3 is 3.14 bits per heavy atom. The number of amides is 1. The second-order valence-electron chi connectivity index (χ2n) is 6.93. The number of nitrogens with two attached hydrogens (primary N) is 1. The van der Waals surface area contributed by atoms with Gasteiger partial charge in [-0.25, -0.2) is 9.37 Å². The fourth-order valence-corrected chi connectivity index (χ4v) is 4.67. The quantitative estimate of drug-likeness (QED) is 0.624. The van der Waals surface area contributed by atoms with Crippen LogP contribution < -0.4 is 16.4 Å². The molecule has 0 aliphatic carbocycles. The Morgan fingerprint density at radius 1 is 1.43 bits per heavy atom. The number of hydrogen-bond acceptors (Lipinski definition) is 7. The van der Waals surface area contributed by atoms with E-state index < -0.39 is 5.82 Å². The summed E-state index contributed by atoms with van der Waals surface area (Å²) >= 11 is 1.48. The third-order valence-electron chi connectivity index (χ3n) is 5.13. The van der Waals surface area contributed by atoms with Gasteiger partial charge in [0.25, 0.3) is 5.91 Å². The van der Waals surface area contributed by atoms with Gasteiger partial charge in [0.1, 0.15) is 0 Å². The number of pyridine rings is 2. The van der Waals surface area contributed by atoms with Gasteiger partial charge in [-0.1, -0.05) is 0 Å². The van der Waals surface area contributed by atoms with Crippen molar-refractivity contribution in [3.63, 3.8) is 0 Å². The van der Waals surface area contributed by atoms with E-state index in [0.717, 1.165) is 15.1 Å². The van der Waals surface area contributed by atoms with Gasteiger partial charge in [-0.2, -0.15) is 0 Å². The molecule has 4 N–H and O–H groups in total. The molecule has 0 saturated carbocycles. The number of nitrogens with one attached hydrogen (secondary N) is 2. The molecule has 9 heteroatoms. The third-order valence-corrected chi connectivity index (χ3v) is 6.23. The molecule has 0 unspecified atom stereocenters. The number of aromatic nitrogens is 2. The summed E-state index contributed by atoms with van der Waals surface area (Å²) in [6, 6.07) is 5.31. The summed E-state index contributed by atoms with van der Waals surface area (Å²) < 4.78 is 21.5. The molecular weight excluding hydrogens is 381 g/mol. The number of carbonyl (C=O) groups is 1. The van der Waals surface area contributed by atoms with Crippen LogP contribution in [0.1, 0.15) is 22.3 Å². The highest BCUT2D eigenvalue weighted by Gasteiger charge is 2.32. The van der Waals surface area contributed by atoms with Gasteiger partial charge in [0.15, 0.2) is 11.6 Å². The fourth-order valence-electron chi connectivity index (χ4n) is 3.65. The standard InChI is InChI=1S/C19H18FN5O2S/c20-16-9-7-23-19(26)15(9)17(14-6-12-13(28-14)2-1-4-22-12)25-18(16)24-11-3-5-27-8-10(11)21/h1-2,4,6,10-11H,3,5,7-8,21H2,(H,23,26)(H,24,25)/t10-,11+/m0/s1. The molecule has 144 valence electrons. The van der Waals surface area contributed by atoms with Crippen molar-refractivity contribution >= 4 is 33.3 Å². The van der Waals surface area contributed by atoms with Gasteiger partial charge in [-0.3, -0.25) is 9.78 Å². The second kappa shape index (κ2) is 6.77. The Kier molecular flexibility index (Phi) is 4.22. The molecule has 0 radical (unpaired) electrons. The first-order chi connectivity index (χ1) is 13.6. The topological polar surface area (TPSA) is 102 Å². The molecule has 1 saturated heterocycles. The highest BCUT2D eigenvalue weighted by Crippen LogP contribution is 2.38. The van der Waals surface area contributed by atoms with Gasteiger partial charge in [-0.05, 0) is 24.6 Å². The van der Waals surface area contributed by atoms with Crippen LogP contribution in [0.2, 0.25) is 0 Å². The van der Waals surface area contributed by atoms with Crippen molar-refractivity contribution < 1.29 is 13.9 Å². The van der Waals surface area contributed by atoms with E-state index in [-0.39, 0.29) is 30.4 Å². The monoisotopic (exact) mass is 399 g/mol. The van der Waals surface area contributed by atoms with Crippen LogP contribution in [0.15, 0.2) is 24.4 Å². The lowest BCUT2D eigenvalue weighted by Crippen LogP contribution is -2.48. The van der Waals surface area contributed by atoms with E-state index >= 15 is 4.39 Å². The summed E-state index contributed by atoms with van der Waals surface area (Å²) in [4.78, 5) is 22.0. The summed E-state index contributed by atoms with van der Waals surface area (Å²) in [5.74, 6) is -0.691. The van der Waals surface area contributed by atoms with Crippen molar-refractivity contribution in [3.8, 4) is 10.6 Å². The predicted molar refractivity (Wildman–Crippen MR) is 105 cm³/mol. The number of anilines is 1. The molecule has 7 nitrogen and oxygen atoms in total.